The first-order valence-electron chi connectivity index (χ1n) is 11.1. The first kappa shape index (κ1) is 23.7. The highest BCUT2D eigenvalue weighted by Gasteiger charge is 2.27. The summed E-state index contributed by atoms with van der Waals surface area (Å²) in [7, 11) is 1.72. The third-order valence-corrected chi connectivity index (χ3v) is 5.74. The second kappa shape index (κ2) is 11.6. The lowest BCUT2D eigenvalue weighted by Gasteiger charge is -2.32. The van der Waals surface area contributed by atoms with E-state index in [2.05, 4.69) is 52.1 Å². The molecule has 1 heterocycles. The van der Waals surface area contributed by atoms with Gasteiger partial charge in [0.2, 0.25) is 0 Å². The van der Waals surface area contributed by atoms with E-state index in [0.717, 1.165) is 26.0 Å². The number of rotatable bonds is 7. The van der Waals surface area contributed by atoms with Crippen LogP contribution in [0.1, 0.15) is 46.0 Å². The number of nitrogens with one attached hydrogen (secondary N) is 3. The SMILES string of the molecule is CN=C(NCCNC(=O)c1ccc(C)c(F)c1)NCC1CCCOC1c1ccc(C)cc1. The lowest BCUT2D eigenvalue weighted by Crippen LogP contribution is -2.44. The van der Waals surface area contributed by atoms with Crippen molar-refractivity contribution in [3.05, 3.63) is 70.5 Å². The molecule has 1 aliphatic rings. The molecule has 7 heteroatoms. The number of guanidine groups is 1. The van der Waals surface area contributed by atoms with E-state index in [0.29, 0.717) is 36.1 Å². The Kier molecular flexibility index (Phi) is 8.62. The Morgan fingerprint density at radius 1 is 1.09 bits per heavy atom. The number of amides is 1. The fraction of sp³-hybridized carbons (Fsp3) is 0.440. The van der Waals surface area contributed by atoms with Gasteiger partial charge in [0.25, 0.3) is 5.91 Å². The molecular formula is C25H33FN4O2. The summed E-state index contributed by atoms with van der Waals surface area (Å²) in [5, 5.41) is 9.38. The van der Waals surface area contributed by atoms with Crippen LogP contribution in [0.5, 0.6) is 0 Å². The predicted octanol–water partition coefficient (Wildman–Crippen LogP) is 3.51. The molecule has 2 aromatic carbocycles. The molecule has 1 fully saturated rings. The van der Waals surface area contributed by atoms with Gasteiger partial charge in [-0.15, -0.1) is 0 Å². The molecule has 0 aliphatic carbocycles. The summed E-state index contributed by atoms with van der Waals surface area (Å²) < 4.78 is 19.7. The summed E-state index contributed by atoms with van der Waals surface area (Å²) in [6.45, 7) is 6.18. The summed E-state index contributed by atoms with van der Waals surface area (Å²) in [6, 6.07) is 13.0. The van der Waals surface area contributed by atoms with Crippen LogP contribution >= 0.6 is 0 Å². The van der Waals surface area contributed by atoms with Gasteiger partial charge in [-0.05, 0) is 49.9 Å². The zero-order valence-corrected chi connectivity index (χ0v) is 19.1. The van der Waals surface area contributed by atoms with Crippen molar-refractivity contribution >= 4 is 11.9 Å². The van der Waals surface area contributed by atoms with Crippen LogP contribution in [0.25, 0.3) is 0 Å². The second-order valence-electron chi connectivity index (χ2n) is 8.20. The highest BCUT2D eigenvalue weighted by atomic mass is 19.1. The van der Waals surface area contributed by atoms with Gasteiger partial charge in [0.15, 0.2) is 5.96 Å². The van der Waals surface area contributed by atoms with Crippen LogP contribution in [0.2, 0.25) is 0 Å². The molecule has 32 heavy (non-hydrogen) atoms. The topological polar surface area (TPSA) is 74.8 Å². The first-order chi connectivity index (χ1) is 15.5. The zero-order valence-electron chi connectivity index (χ0n) is 19.1. The molecule has 1 saturated heterocycles. The summed E-state index contributed by atoms with van der Waals surface area (Å²) >= 11 is 0. The molecule has 2 atom stereocenters. The van der Waals surface area contributed by atoms with Crippen LogP contribution in [0.4, 0.5) is 4.39 Å². The standard InChI is InChI=1S/C25H33FN4O2/c1-17-6-9-19(10-7-17)23-21(5-4-14-32-23)16-30-25(27-3)29-13-12-28-24(31)20-11-8-18(2)22(26)15-20/h6-11,15,21,23H,4-5,12-14,16H2,1-3H3,(H,28,31)(H2,27,29,30). The number of benzene rings is 2. The van der Waals surface area contributed by atoms with Crippen molar-refractivity contribution in [3.63, 3.8) is 0 Å². The summed E-state index contributed by atoms with van der Waals surface area (Å²) in [4.78, 5) is 16.5. The van der Waals surface area contributed by atoms with Gasteiger partial charge in [0.1, 0.15) is 5.82 Å². The Labute approximate surface area is 189 Å². The minimum atomic E-state index is -0.379. The van der Waals surface area contributed by atoms with Crippen LogP contribution in [0.3, 0.4) is 0 Å². The highest BCUT2D eigenvalue weighted by Crippen LogP contribution is 2.33. The van der Waals surface area contributed by atoms with Crippen molar-refractivity contribution in [3.8, 4) is 0 Å². The highest BCUT2D eigenvalue weighted by molar-refractivity contribution is 5.94. The van der Waals surface area contributed by atoms with Gasteiger partial charge in [0, 0.05) is 44.8 Å². The first-order valence-corrected chi connectivity index (χ1v) is 11.1. The number of carbonyl (C=O) groups is 1. The maximum absolute atomic E-state index is 13.6. The molecule has 2 aromatic rings. The van der Waals surface area contributed by atoms with Gasteiger partial charge in [-0.1, -0.05) is 35.9 Å². The molecule has 1 aliphatic heterocycles. The molecule has 172 valence electrons. The molecule has 3 rings (SSSR count). The van der Waals surface area contributed by atoms with Crippen LogP contribution in [-0.4, -0.2) is 45.2 Å². The minimum Gasteiger partial charge on any atom is -0.373 e. The fourth-order valence-electron chi connectivity index (χ4n) is 3.82. The van der Waals surface area contributed by atoms with E-state index < -0.39 is 0 Å². The van der Waals surface area contributed by atoms with Crippen LogP contribution in [-0.2, 0) is 4.74 Å². The second-order valence-corrected chi connectivity index (χ2v) is 8.20. The largest absolute Gasteiger partial charge is 0.373 e. The van der Waals surface area contributed by atoms with E-state index in [1.54, 1.807) is 26.1 Å². The Hall–Kier alpha value is -2.93. The molecule has 0 aromatic heterocycles. The smallest absolute Gasteiger partial charge is 0.251 e. The maximum Gasteiger partial charge on any atom is 0.251 e. The molecule has 0 spiro atoms. The third kappa shape index (κ3) is 6.53. The van der Waals surface area contributed by atoms with Crippen molar-refractivity contribution < 1.29 is 13.9 Å². The Balaban J connectivity index is 1.44. The van der Waals surface area contributed by atoms with E-state index in [1.165, 1.54) is 17.2 Å². The van der Waals surface area contributed by atoms with Crippen molar-refractivity contribution in [1.82, 2.24) is 16.0 Å². The molecule has 3 N–H and O–H groups in total. The van der Waals surface area contributed by atoms with Crippen LogP contribution in [0.15, 0.2) is 47.5 Å². The number of aliphatic imine (C=N–C) groups is 1. The van der Waals surface area contributed by atoms with E-state index in [4.69, 9.17) is 4.74 Å². The van der Waals surface area contributed by atoms with Crippen LogP contribution in [0, 0.1) is 25.6 Å². The fourth-order valence-corrected chi connectivity index (χ4v) is 3.82. The van der Waals surface area contributed by atoms with Gasteiger partial charge < -0.3 is 20.7 Å². The third-order valence-electron chi connectivity index (χ3n) is 5.74. The Morgan fingerprint density at radius 2 is 1.84 bits per heavy atom. The quantitative estimate of drug-likeness (QED) is 0.350. The number of halogens is 1. The Bertz CT molecular complexity index is 930. The van der Waals surface area contributed by atoms with Crippen molar-refractivity contribution in [1.29, 1.82) is 0 Å². The molecular weight excluding hydrogens is 407 g/mol. The van der Waals surface area contributed by atoms with E-state index in [-0.39, 0.29) is 17.8 Å². The Morgan fingerprint density at radius 3 is 2.56 bits per heavy atom. The summed E-state index contributed by atoms with van der Waals surface area (Å²) in [5.41, 5.74) is 3.28. The number of carbonyl (C=O) groups excluding carboxylic acids is 1. The number of hydrogen-bond donors (Lipinski definition) is 3. The lowest BCUT2D eigenvalue weighted by molar-refractivity contribution is -0.0265. The monoisotopic (exact) mass is 440 g/mol. The molecule has 0 bridgehead atoms. The normalized spacial score (nSPS) is 18.8. The predicted molar refractivity (Wildman–Crippen MR) is 125 cm³/mol. The van der Waals surface area contributed by atoms with E-state index in [9.17, 15) is 9.18 Å². The molecule has 6 nitrogen and oxygen atoms in total. The summed E-state index contributed by atoms with van der Waals surface area (Å²) in [6.07, 6.45) is 2.21. The number of aryl methyl sites for hydroxylation is 2. The lowest BCUT2D eigenvalue weighted by atomic mass is 9.89. The average Bonchev–Trinajstić information content (AvgIpc) is 2.81. The van der Waals surface area contributed by atoms with Crippen molar-refractivity contribution in [2.45, 2.75) is 32.8 Å². The minimum absolute atomic E-state index is 0.0733. The molecule has 0 radical (unpaired) electrons. The molecule has 0 saturated carbocycles. The van der Waals surface area contributed by atoms with Crippen molar-refractivity contribution in [2.75, 3.05) is 33.3 Å². The van der Waals surface area contributed by atoms with Gasteiger partial charge in [-0.25, -0.2) is 4.39 Å². The van der Waals surface area contributed by atoms with Gasteiger partial charge >= 0.3 is 0 Å². The average molecular weight is 441 g/mol. The molecule has 1 amide bonds. The van der Waals surface area contributed by atoms with E-state index in [1.807, 2.05) is 0 Å². The van der Waals surface area contributed by atoms with Crippen LogP contribution < -0.4 is 16.0 Å². The zero-order chi connectivity index (χ0) is 22.9. The number of hydrogen-bond acceptors (Lipinski definition) is 3. The summed E-state index contributed by atoms with van der Waals surface area (Å²) in [5.74, 6) is 0.347. The number of ether oxygens (including phenoxy) is 1. The number of nitrogens with zero attached hydrogens (tertiary/aromatic N) is 1. The van der Waals surface area contributed by atoms with Gasteiger partial charge in [-0.2, -0.15) is 0 Å². The maximum atomic E-state index is 13.6. The van der Waals surface area contributed by atoms with Gasteiger partial charge in [-0.3, -0.25) is 9.79 Å². The van der Waals surface area contributed by atoms with E-state index >= 15 is 0 Å². The molecule has 2 unspecified atom stereocenters. The van der Waals surface area contributed by atoms with Crippen molar-refractivity contribution in [2.24, 2.45) is 10.9 Å². The van der Waals surface area contributed by atoms with Gasteiger partial charge in [0.05, 0.1) is 6.10 Å².